The summed E-state index contributed by atoms with van der Waals surface area (Å²) in [5.41, 5.74) is 0. The van der Waals surface area contributed by atoms with E-state index in [9.17, 15) is 9.59 Å². The number of carbonyl (C=O) groups is 2. The van der Waals surface area contributed by atoms with E-state index in [1.807, 2.05) is 0 Å². The van der Waals surface area contributed by atoms with Crippen LogP contribution in [-0.2, 0) is 9.59 Å². The number of rotatable bonds is 6. The van der Waals surface area contributed by atoms with Crippen molar-refractivity contribution in [2.75, 3.05) is 0 Å². The first kappa shape index (κ1) is 10.7. The van der Waals surface area contributed by atoms with Crippen LogP contribution < -0.4 is 0 Å². The van der Waals surface area contributed by atoms with Crippen molar-refractivity contribution in [3.8, 4) is 0 Å². The van der Waals surface area contributed by atoms with Crippen LogP contribution in [0.4, 0.5) is 0 Å². The number of aliphatic carboxylic acids is 2. The average Bonchev–Trinajstić information content (AvgIpc) is 1.95. The first-order valence-electron chi connectivity index (χ1n) is 3.74. The fraction of sp³-hybridized carbons (Fsp3) is 0.500. The van der Waals surface area contributed by atoms with E-state index in [0.29, 0.717) is 12.8 Å². The number of carboxylic acid groups (broad SMARTS) is 2. The van der Waals surface area contributed by atoms with Crippen LogP contribution in [0.25, 0.3) is 0 Å². The lowest BCUT2D eigenvalue weighted by atomic mass is 10.2. The standard InChI is InChI=1S/C8H12O4/c9-7(10)5-3-1-2-4-6-8(11)12/h3,5H,1-2,4,6H2,(H,9,10)(H,11,12)/b5-3+. The molecule has 0 saturated heterocycles. The molecular weight excluding hydrogens is 160 g/mol. The molecule has 0 aromatic carbocycles. The Morgan fingerprint density at radius 1 is 1.17 bits per heavy atom. The largest absolute Gasteiger partial charge is 0.481 e. The zero-order valence-corrected chi connectivity index (χ0v) is 6.69. The third-order valence-electron chi connectivity index (χ3n) is 1.27. The lowest BCUT2D eigenvalue weighted by Gasteiger charge is -1.91. The Hall–Kier alpha value is -1.32. The second kappa shape index (κ2) is 6.39. The van der Waals surface area contributed by atoms with Crippen molar-refractivity contribution in [1.29, 1.82) is 0 Å². The molecule has 0 aromatic heterocycles. The van der Waals surface area contributed by atoms with E-state index < -0.39 is 11.9 Å². The second-order valence-corrected chi connectivity index (χ2v) is 2.38. The highest BCUT2D eigenvalue weighted by Gasteiger charge is 1.94. The normalized spacial score (nSPS) is 10.3. The first-order valence-corrected chi connectivity index (χ1v) is 3.74. The molecule has 2 N–H and O–H groups in total. The molecule has 4 heteroatoms. The van der Waals surface area contributed by atoms with Crippen molar-refractivity contribution in [2.24, 2.45) is 0 Å². The molecule has 0 atom stereocenters. The van der Waals surface area contributed by atoms with Crippen LogP contribution in [0.15, 0.2) is 12.2 Å². The average molecular weight is 172 g/mol. The van der Waals surface area contributed by atoms with Crippen LogP contribution in [0, 0.1) is 0 Å². The van der Waals surface area contributed by atoms with Crippen LogP contribution in [0.2, 0.25) is 0 Å². The minimum absolute atomic E-state index is 0.154. The summed E-state index contributed by atoms with van der Waals surface area (Å²) in [7, 11) is 0. The van der Waals surface area contributed by atoms with Gasteiger partial charge in [0.25, 0.3) is 0 Å². The molecule has 0 spiro atoms. The molecule has 0 rings (SSSR count). The number of unbranched alkanes of at least 4 members (excludes halogenated alkanes) is 2. The fourth-order valence-electron chi connectivity index (χ4n) is 0.723. The van der Waals surface area contributed by atoms with E-state index >= 15 is 0 Å². The van der Waals surface area contributed by atoms with Gasteiger partial charge in [0, 0.05) is 12.5 Å². The van der Waals surface area contributed by atoms with Crippen molar-refractivity contribution < 1.29 is 19.8 Å². The van der Waals surface area contributed by atoms with Gasteiger partial charge in [-0.1, -0.05) is 6.08 Å². The zero-order chi connectivity index (χ0) is 9.40. The third-order valence-corrected chi connectivity index (χ3v) is 1.27. The smallest absolute Gasteiger partial charge is 0.327 e. The molecule has 0 aliphatic heterocycles. The van der Waals surface area contributed by atoms with Crippen molar-refractivity contribution in [1.82, 2.24) is 0 Å². The molecule has 0 aromatic rings. The number of hydrogen-bond donors (Lipinski definition) is 2. The molecule has 68 valence electrons. The summed E-state index contributed by atoms with van der Waals surface area (Å²) in [6.07, 6.45) is 4.70. The maximum Gasteiger partial charge on any atom is 0.327 e. The molecule has 0 aliphatic rings. The van der Waals surface area contributed by atoms with Crippen LogP contribution in [0.1, 0.15) is 25.7 Å². The number of allylic oxidation sites excluding steroid dienone is 1. The van der Waals surface area contributed by atoms with Crippen molar-refractivity contribution >= 4 is 11.9 Å². The summed E-state index contributed by atoms with van der Waals surface area (Å²) in [6.45, 7) is 0. The molecule has 4 nitrogen and oxygen atoms in total. The van der Waals surface area contributed by atoms with Gasteiger partial charge in [0.15, 0.2) is 0 Å². The summed E-state index contributed by atoms with van der Waals surface area (Å²) >= 11 is 0. The first-order chi connectivity index (χ1) is 5.63. The molecule has 0 amide bonds. The Labute approximate surface area is 70.5 Å². The van der Waals surface area contributed by atoms with Gasteiger partial charge in [0.2, 0.25) is 0 Å². The summed E-state index contributed by atoms with van der Waals surface area (Å²) < 4.78 is 0. The van der Waals surface area contributed by atoms with E-state index in [-0.39, 0.29) is 6.42 Å². The predicted molar refractivity (Wildman–Crippen MR) is 42.9 cm³/mol. The highest BCUT2D eigenvalue weighted by molar-refractivity contribution is 5.79. The molecule has 0 saturated carbocycles. The summed E-state index contributed by atoms with van der Waals surface area (Å²) in [4.78, 5) is 20.0. The predicted octanol–water partition coefficient (Wildman–Crippen LogP) is 1.27. The highest BCUT2D eigenvalue weighted by Crippen LogP contribution is 2.00. The molecule has 12 heavy (non-hydrogen) atoms. The molecule has 0 heterocycles. The Balaban J connectivity index is 3.21. The van der Waals surface area contributed by atoms with E-state index in [1.54, 1.807) is 0 Å². The van der Waals surface area contributed by atoms with Crippen molar-refractivity contribution in [3.05, 3.63) is 12.2 Å². The second-order valence-electron chi connectivity index (χ2n) is 2.38. The van der Waals surface area contributed by atoms with Gasteiger partial charge in [-0.2, -0.15) is 0 Å². The van der Waals surface area contributed by atoms with Crippen LogP contribution in [0.5, 0.6) is 0 Å². The topological polar surface area (TPSA) is 74.6 Å². The molecular formula is C8H12O4. The minimum Gasteiger partial charge on any atom is -0.481 e. The Morgan fingerprint density at radius 2 is 1.83 bits per heavy atom. The third kappa shape index (κ3) is 8.68. The van der Waals surface area contributed by atoms with Gasteiger partial charge in [0.05, 0.1) is 0 Å². The lowest BCUT2D eigenvalue weighted by molar-refractivity contribution is -0.137. The van der Waals surface area contributed by atoms with E-state index in [4.69, 9.17) is 10.2 Å². The number of hydrogen-bond acceptors (Lipinski definition) is 2. The van der Waals surface area contributed by atoms with Gasteiger partial charge in [-0.15, -0.1) is 0 Å². The molecule has 0 fully saturated rings. The van der Waals surface area contributed by atoms with Gasteiger partial charge < -0.3 is 10.2 Å². The molecule has 0 unspecified atom stereocenters. The molecule has 0 bridgehead atoms. The highest BCUT2D eigenvalue weighted by atomic mass is 16.4. The van der Waals surface area contributed by atoms with Gasteiger partial charge >= 0.3 is 11.9 Å². The Kier molecular flexibility index (Phi) is 5.69. The maximum atomic E-state index is 10.0. The van der Waals surface area contributed by atoms with E-state index in [0.717, 1.165) is 12.5 Å². The summed E-state index contributed by atoms with van der Waals surface area (Å²) in [6, 6.07) is 0. The van der Waals surface area contributed by atoms with Crippen molar-refractivity contribution in [3.63, 3.8) is 0 Å². The Bertz CT molecular complexity index is 183. The van der Waals surface area contributed by atoms with Gasteiger partial charge in [0.1, 0.15) is 0 Å². The number of carboxylic acids is 2. The van der Waals surface area contributed by atoms with E-state index in [2.05, 4.69) is 0 Å². The van der Waals surface area contributed by atoms with Gasteiger partial charge in [-0.25, -0.2) is 4.79 Å². The molecule has 0 aliphatic carbocycles. The van der Waals surface area contributed by atoms with Crippen LogP contribution in [-0.4, -0.2) is 22.2 Å². The zero-order valence-electron chi connectivity index (χ0n) is 6.69. The maximum absolute atomic E-state index is 10.0. The SMILES string of the molecule is O=C(O)/C=C/CCCCC(=O)O. The monoisotopic (exact) mass is 172 g/mol. The van der Waals surface area contributed by atoms with Gasteiger partial charge in [-0.05, 0) is 19.3 Å². The fourth-order valence-corrected chi connectivity index (χ4v) is 0.723. The molecule has 0 radical (unpaired) electrons. The van der Waals surface area contributed by atoms with Crippen LogP contribution >= 0.6 is 0 Å². The Morgan fingerprint density at radius 3 is 2.33 bits per heavy atom. The quantitative estimate of drug-likeness (QED) is 0.467. The van der Waals surface area contributed by atoms with Gasteiger partial charge in [-0.3, -0.25) is 4.79 Å². The minimum atomic E-state index is -0.965. The lowest BCUT2D eigenvalue weighted by Crippen LogP contribution is -1.93. The van der Waals surface area contributed by atoms with Crippen LogP contribution in [0.3, 0.4) is 0 Å². The summed E-state index contributed by atoms with van der Waals surface area (Å²) in [5.74, 6) is -1.77. The van der Waals surface area contributed by atoms with E-state index in [1.165, 1.54) is 6.08 Å². The van der Waals surface area contributed by atoms with Crippen molar-refractivity contribution in [2.45, 2.75) is 25.7 Å². The summed E-state index contributed by atoms with van der Waals surface area (Å²) in [5, 5.41) is 16.4.